The Bertz CT molecular complexity index is 519. The van der Waals surface area contributed by atoms with Crippen LogP contribution in [0.1, 0.15) is 0 Å². The predicted octanol–water partition coefficient (Wildman–Crippen LogP) is 0.638. The largest absolute Gasteiger partial charge is 0.508 e. The smallest absolute Gasteiger partial charge is 0.321 e. The summed E-state index contributed by atoms with van der Waals surface area (Å²) in [4.78, 5) is 24.4. The van der Waals surface area contributed by atoms with E-state index in [2.05, 4.69) is 5.32 Å². The molecule has 3 N–H and O–H groups in total. The first-order valence-corrected chi connectivity index (χ1v) is 6.13. The van der Waals surface area contributed by atoms with Gasteiger partial charge in [0, 0.05) is 18.8 Å². The molecular formula is C13H16N2O5. The van der Waals surface area contributed by atoms with Crippen molar-refractivity contribution in [3.05, 3.63) is 24.3 Å². The molecule has 2 rings (SSSR count). The number of phenolic OH excluding ortho intramolecular Hbond substituents is 1. The molecule has 20 heavy (non-hydrogen) atoms. The molecule has 2 amide bonds. The van der Waals surface area contributed by atoms with Gasteiger partial charge in [0.25, 0.3) is 0 Å². The van der Waals surface area contributed by atoms with Crippen LogP contribution in [0.15, 0.2) is 24.3 Å². The predicted molar refractivity (Wildman–Crippen MR) is 70.8 cm³/mol. The number of benzene rings is 1. The monoisotopic (exact) mass is 280 g/mol. The van der Waals surface area contributed by atoms with Crippen molar-refractivity contribution in [1.82, 2.24) is 5.32 Å². The summed E-state index contributed by atoms with van der Waals surface area (Å²) in [6.45, 7) is 0.271. The van der Waals surface area contributed by atoms with Crippen LogP contribution in [-0.2, 0) is 9.53 Å². The van der Waals surface area contributed by atoms with Crippen molar-refractivity contribution in [2.24, 2.45) is 5.92 Å². The van der Waals surface area contributed by atoms with Crippen molar-refractivity contribution in [1.29, 1.82) is 0 Å². The van der Waals surface area contributed by atoms with Crippen molar-refractivity contribution in [3.63, 3.8) is 0 Å². The lowest BCUT2D eigenvalue weighted by molar-refractivity contribution is -0.142. The maximum Gasteiger partial charge on any atom is 0.321 e. The van der Waals surface area contributed by atoms with Gasteiger partial charge in [-0.15, -0.1) is 0 Å². The SMILES string of the molecule is CN(C(=O)NC1COCC1C(=O)O)c1cccc(O)c1. The van der Waals surface area contributed by atoms with Crippen LogP contribution < -0.4 is 10.2 Å². The summed E-state index contributed by atoms with van der Waals surface area (Å²) in [6.07, 6.45) is 0. The molecule has 0 spiro atoms. The first kappa shape index (κ1) is 14.1. The van der Waals surface area contributed by atoms with E-state index in [0.717, 1.165) is 0 Å². The topological polar surface area (TPSA) is 99.1 Å². The molecule has 1 aromatic rings. The van der Waals surface area contributed by atoms with E-state index in [1.54, 1.807) is 12.1 Å². The number of amides is 2. The van der Waals surface area contributed by atoms with Crippen molar-refractivity contribution in [2.75, 3.05) is 25.2 Å². The Kier molecular flexibility index (Phi) is 4.09. The number of carbonyl (C=O) groups excluding carboxylic acids is 1. The number of nitrogens with zero attached hydrogens (tertiary/aromatic N) is 1. The highest BCUT2D eigenvalue weighted by Gasteiger charge is 2.35. The molecule has 2 unspecified atom stereocenters. The van der Waals surface area contributed by atoms with E-state index >= 15 is 0 Å². The average Bonchev–Trinajstić information content (AvgIpc) is 2.86. The van der Waals surface area contributed by atoms with Crippen LogP contribution in [0.3, 0.4) is 0 Å². The minimum absolute atomic E-state index is 0.0507. The second-order valence-electron chi connectivity index (χ2n) is 4.62. The van der Waals surface area contributed by atoms with Crippen molar-refractivity contribution in [3.8, 4) is 5.75 Å². The zero-order valence-electron chi connectivity index (χ0n) is 10.9. The molecule has 0 aromatic heterocycles. The van der Waals surface area contributed by atoms with E-state index in [-0.39, 0.29) is 19.0 Å². The molecule has 1 aliphatic heterocycles. The molecule has 1 aliphatic rings. The fourth-order valence-electron chi connectivity index (χ4n) is 2.01. The van der Waals surface area contributed by atoms with Crippen LogP contribution in [-0.4, -0.2) is 48.5 Å². The summed E-state index contributed by atoms with van der Waals surface area (Å²) in [7, 11) is 1.54. The van der Waals surface area contributed by atoms with E-state index < -0.39 is 24.0 Å². The number of aromatic hydroxyl groups is 1. The fraction of sp³-hybridized carbons (Fsp3) is 0.385. The fourth-order valence-corrected chi connectivity index (χ4v) is 2.01. The Morgan fingerprint density at radius 2 is 2.15 bits per heavy atom. The van der Waals surface area contributed by atoms with Crippen LogP contribution in [0, 0.1) is 5.92 Å². The van der Waals surface area contributed by atoms with E-state index in [4.69, 9.17) is 9.84 Å². The molecule has 2 atom stereocenters. The number of nitrogens with one attached hydrogen (secondary N) is 1. The third-order valence-electron chi connectivity index (χ3n) is 3.23. The first-order valence-electron chi connectivity index (χ1n) is 6.13. The molecule has 108 valence electrons. The molecular weight excluding hydrogens is 264 g/mol. The Hall–Kier alpha value is -2.28. The zero-order chi connectivity index (χ0) is 14.7. The molecule has 7 heteroatoms. The number of ether oxygens (including phenoxy) is 1. The highest BCUT2D eigenvalue weighted by molar-refractivity contribution is 5.92. The Labute approximate surface area is 115 Å². The third kappa shape index (κ3) is 3.00. The second kappa shape index (κ2) is 5.79. The van der Waals surface area contributed by atoms with Gasteiger partial charge in [-0.25, -0.2) is 4.79 Å². The summed E-state index contributed by atoms with van der Waals surface area (Å²) in [5.41, 5.74) is 0.508. The number of carboxylic acids is 1. The lowest BCUT2D eigenvalue weighted by atomic mass is 10.0. The first-order chi connectivity index (χ1) is 9.49. The molecule has 7 nitrogen and oxygen atoms in total. The number of phenols is 1. The van der Waals surface area contributed by atoms with Crippen molar-refractivity contribution in [2.45, 2.75) is 6.04 Å². The van der Waals surface area contributed by atoms with Gasteiger partial charge in [-0.2, -0.15) is 0 Å². The van der Waals surface area contributed by atoms with Crippen LogP contribution in [0.2, 0.25) is 0 Å². The number of anilines is 1. The van der Waals surface area contributed by atoms with Gasteiger partial charge in [0.2, 0.25) is 0 Å². The van der Waals surface area contributed by atoms with E-state index in [9.17, 15) is 14.7 Å². The average molecular weight is 280 g/mol. The van der Waals surface area contributed by atoms with E-state index in [1.165, 1.54) is 24.1 Å². The molecule has 0 aliphatic carbocycles. The maximum atomic E-state index is 12.1. The summed E-state index contributed by atoms with van der Waals surface area (Å²) in [6, 6.07) is 5.23. The molecule has 1 heterocycles. The Morgan fingerprint density at radius 1 is 1.40 bits per heavy atom. The van der Waals surface area contributed by atoms with Gasteiger partial charge in [-0.1, -0.05) is 6.07 Å². The lowest BCUT2D eigenvalue weighted by Gasteiger charge is -2.22. The standard InChI is InChI=1S/C13H16N2O5/c1-15(8-3-2-4-9(16)5-8)13(19)14-11-7-20-6-10(11)12(17)18/h2-5,10-11,16H,6-7H2,1H3,(H,14,19)(H,17,18). The van der Waals surface area contributed by atoms with Gasteiger partial charge in [-0.05, 0) is 12.1 Å². The number of urea groups is 1. The molecule has 0 radical (unpaired) electrons. The van der Waals surface area contributed by atoms with Crippen LogP contribution in [0.4, 0.5) is 10.5 Å². The summed E-state index contributed by atoms with van der Waals surface area (Å²) in [5.74, 6) is -1.68. The second-order valence-corrected chi connectivity index (χ2v) is 4.62. The van der Waals surface area contributed by atoms with Crippen LogP contribution in [0.25, 0.3) is 0 Å². The van der Waals surface area contributed by atoms with Gasteiger partial charge in [-0.3, -0.25) is 9.69 Å². The normalized spacial score (nSPS) is 21.4. The maximum absolute atomic E-state index is 12.1. The molecule has 0 bridgehead atoms. The molecule has 1 aromatic carbocycles. The van der Waals surface area contributed by atoms with Gasteiger partial charge >= 0.3 is 12.0 Å². The minimum Gasteiger partial charge on any atom is -0.508 e. The van der Waals surface area contributed by atoms with Crippen LogP contribution >= 0.6 is 0 Å². The molecule has 1 saturated heterocycles. The number of carbonyl (C=O) groups is 2. The van der Waals surface area contributed by atoms with Gasteiger partial charge in [0.15, 0.2) is 0 Å². The van der Waals surface area contributed by atoms with Gasteiger partial charge < -0.3 is 20.3 Å². The Morgan fingerprint density at radius 3 is 2.80 bits per heavy atom. The van der Waals surface area contributed by atoms with Crippen LogP contribution in [0.5, 0.6) is 5.75 Å². The number of rotatable bonds is 3. The van der Waals surface area contributed by atoms with Crippen molar-refractivity contribution < 1.29 is 24.5 Å². The summed E-state index contributed by atoms with van der Waals surface area (Å²) < 4.78 is 5.08. The number of carboxylic acid groups (broad SMARTS) is 1. The lowest BCUT2D eigenvalue weighted by Crippen LogP contribution is -2.47. The highest BCUT2D eigenvalue weighted by atomic mass is 16.5. The zero-order valence-corrected chi connectivity index (χ0v) is 10.9. The summed E-state index contributed by atoms with van der Waals surface area (Å²) >= 11 is 0. The number of hydrogen-bond acceptors (Lipinski definition) is 4. The quantitative estimate of drug-likeness (QED) is 0.754. The number of hydrogen-bond donors (Lipinski definition) is 3. The van der Waals surface area contributed by atoms with E-state index in [1.807, 2.05) is 0 Å². The highest BCUT2D eigenvalue weighted by Crippen LogP contribution is 2.20. The van der Waals surface area contributed by atoms with Gasteiger partial charge in [0.1, 0.15) is 11.7 Å². The molecule has 1 fully saturated rings. The Balaban J connectivity index is 2.03. The van der Waals surface area contributed by atoms with E-state index in [0.29, 0.717) is 5.69 Å². The minimum atomic E-state index is -0.993. The third-order valence-corrected chi connectivity index (χ3v) is 3.23. The van der Waals surface area contributed by atoms with Crippen molar-refractivity contribution >= 4 is 17.7 Å². The number of aliphatic carboxylic acids is 1. The van der Waals surface area contributed by atoms with Gasteiger partial charge in [0.05, 0.1) is 19.3 Å². The molecule has 0 saturated carbocycles. The summed E-state index contributed by atoms with van der Waals surface area (Å²) in [5, 5.41) is 21.0.